The van der Waals surface area contributed by atoms with Crippen LogP contribution in [0.3, 0.4) is 0 Å². The summed E-state index contributed by atoms with van der Waals surface area (Å²) in [4.78, 5) is 13.6. The second-order valence-corrected chi connectivity index (χ2v) is 10.3. The summed E-state index contributed by atoms with van der Waals surface area (Å²) < 4.78 is 7.63. The van der Waals surface area contributed by atoms with Gasteiger partial charge in [0.2, 0.25) is 5.91 Å². The topological polar surface area (TPSA) is 69.0 Å². The molecule has 1 atom stereocenters. The molecular weight excluding hydrogens is 504 g/mol. The van der Waals surface area contributed by atoms with E-state index in [9.17, 15) is 4.79 Å². The molecule has 0 aliphatic heterocycles. The Labute approximate surface area is 227 Å². The van der Waals surface area contributed by atoms with Crippen molar-refractivity contribution in [3.8, 4) is 11.4 Å². The SMILES string of the molecule is CCOCCCn1c(S[C@H](C(=O)Nc2cc(C)cc(C)c2)c2ccccc2)nnc1-c1ccc(Cl)cc1. The average Bonchev–Trinajstić information content (AvgIpc) is 3.27. The first kappa shape index (κ1) is 26.9. The zero-order valence-electron chi connectivity index (χ0n) is 21.3. The van der Waals surface area contributed by atoms with Gasteiger partial charge >= 0.3 is 0 Å². The van der Waals surface area contributed by atoms with Gasteiger partial charge in [0, 0.05) is 36.0 Å². The van der Waals surface area contributed by atoms with Gasteiger partial charge in [0.1, 0.15) is 5.25 Å². The number of carbonyl (C=O) groups is 1. The third-order valence-electron chi connectivity index (χ3n) is 5.75. The first-order valence-electron chi connectivity index (χ1n) is 12.3. The molecule has 4 rings (SSSR count). The van der Waals surface area contributed by atoms with E-state index in [2.05, 4.69) is 26.1 Å². The molecule has 0 saturated heterocycles. The quantitative estimate of drug-likeness (QED) is 0.164. The zero-order valence-corrected chi connectivity index (χ0v) is 22.9. The summed E-state index contributed by atoms with van der Waals surface area (Å²) in [5, 5.41) is 13.0. The molecule has 0 radical (unpaired) electrons. The molecule has 3 aromatic carbocycles. The number of nitrogens with one attached hydrogen (secondary N) is 1. The Morgan fingerprint density at radius 2 is 1.73 bits per heavy atom. The van der Waals surface area contributed by atoms with E-state index >= 15 is 0 Å². The molecule has 4 aromatic rings. The van der Waals surface area contributed by atoms with Crippen LogP contribution in [0.5, 0.6) is 0 Å². The van der Waals surface area contributed by atoms with Crippen LogP contribution in [-0.2, 0) is 16.1 Å². The number of carbonyl (C=O) groups excluding carboxylic acids is 1. The van der Waals surface area contributed by atoms with Crippen LogP contribution in [0.4, 0.5) is 5.69 Å². The first-order valence-corrected chi connectivity index (χ1v) is 13.6. The highest BCUT2D eigenvalue weighted by molar-refractivity contribution is 8.00. The molecule has 8 heteroatoms. The Morgan fingerprint density at radius 1 is 1.03 bits per heavy atom. The third kappa shape index (κ3) is 7.22. The molecule has 0 spiro atoms. The minimum Gasteiger partial charge on any atom is -0.382 e. The number of hydrogen-bond acceptors (Lipinski definition) is 5. The van der Waals surface area contributed by atoms with Gasteiger partial charge in [-0.15, -0.1) is 10.2 Å². The van der Waals surface area contributed by atoms with Crippen LogP contribution >= 0.6 is 23.4 Å². The predicted octanol–water partition coefficient (Wildman–Crippen LogP) is 7.11. The molecule has 0 aliphatic carbocycles. The maximum absolute atomic E-state index is 13.6. The average molecular weight is 535 g/mol. The van der Waals surface area contributed by atoms with Crippen LogP contribution in [-0.4, -0.2) is 33.9 Å². The molecule has 6 nitrogen and oxygen atoms in total. The molecule has 1 heterocycles. The molecular formula is C29H31ClN4O2S. The van der Waals surface area contributed by atoms with Crippen molar-refractivity contribution < 1.29 is 9.53 Å². The zero-order chi connectivity index (χ0) is 26.2. The van der Waals surface area contributed by atoms with Crippen molar-refractivity contribution in [1.82, 2.24) is 14.8 Å². The van der Waals surface area contributed by atoms with E-state index in [1.165, 1.54) is 11.8 Å². The molecule has 1 N–H and O–H groups in total. The molecule has 0 saturated carbocycles. The molecule has 1 amide bonds. The van der Waals surface area contributed by atoms with E-state index < -0.39 is 5.25 Å². The molecule has 0 fully saturated rings. The lowest BCUT2D eigenvalue weighted by atomic mass is 10.1. The Kier molecular flexibility index (Phi) is 9.39. The fourth-order valence-electron chi connectivity index (χ4n) is 4.12. The van der Waals surface area contributed by atoms with Crippen molar-refractivity contribution in [3.63, 3.8) is 0 Å². The van der Waals surface area contributed by atoms with Crippen molar-refractivity contribution in [2.24, 2.45) is 0 Å². The van der Waals surface area contributed by atoms with Crippen LogP contribution in [0.2, 0.25) is 5.02 Å². The lowest BCUT2D eigenvalue weighted by molar-refractivity contribution is -0.115. The van der Waals surface area contributed by atoms with E-state index in [1.807, 2.05) is 87.5 Å². The number of thioether (sulfide) groups is 1. The fourth-order valence-corrected chi connectivity index (χ4v) is 5.31. The van der Waals surface area contributed by atoms with E-state index in [4.69, 9.17) is 16.3 Å². The van der Waals surface area contributed by atoms with Gasteiger partial charge in [0.15, 0.2) is 11.0 Å². The highest BCUT2D eigenvalue weighted by atomic mass is 35.5. The van der Waals surface area contributed by atoms with Gasteiger partial charge < -0.3 is 14.6 Å². The van der Waals surface area contributed by atoms with Crippen LogP contribution in [0, 0.1) is 13.8 Å². The number of hydrogen-bond donors (Lipinski definition) is 1. The monoisotopic (exact) mass is 534 g/mol. The minimum atomic E-state index is -0.519. The van der Waals surface area contributed by atoms with E-state index in [0.717, 1.165) is 40.2 Å². The Balaban J connectivity index is 1.66. The van der Waals surface area contributed by atoms with Gasteiger partial charge in [-0.3, -0.25) is 4.79 Å². The van der Waals surface area contributed by atoms with Crippen molar-refractivity contribution in [3.05, 3.63) is 94.5 Å². The smallest absolute Gasteiger partial charge is 0.242 e. The minimum absolute atomic E-state index is 0.113. The number of halogens is 1. The Bertz CT molecular complexity index is 1310. The van der Waals surface area contributed by atoms with E-state index in [1.54, 1.807) is 0 Å². The second kappa shape index (κ2) is 12.9. The summed E-state index contributed by atoms with van der Waals surface area (Å²) in [5.74, 6) is 0.621. The number of nitrogens with zero attached hydrogens (tertiary/aromatic N) is 3. The van der Waals surface area contributed by atoms with Crippen LogP contribution in [0.1, 0.15) is 35.3 Å². The number of rotatable bonds is 11. The van der Waals surface area contributed by atoms with Crippen LogP contribution < -0.4 is 5.32 Å². The van der Waals surface area contributed by atoms with Gasteiger partial charge in [0.25, 0.3) is 0 Å². The van der Waals surface area contributed by atoms with Crippen molar-refractivity contribution in [1.29, 1.82) is 0 Å². The van der Waals surface area contributed by atoms with Gasteiger partial charge in [-0.25, -0.2) is 0 Å². The molecule has 0 bridgehead atoms. The second-order valence-electron chi connectivity index (χ2n) is 8.79. The predicted molar refractivity (Wildman–Crippen MR) is 151 cm³/mol. The number of ether oxygens (including phenoxy) is 1. The summed E-state index contributed by atoms with van der Waals surface area (Å²) in [5.41, 5.74) is 4.79. The standard InChI is InChI=1S/C29H31ClN4O2S/c1-4-36-16-8-15-34-27(23-11-13-24(30)14-12-23)32-33-29(34)37-26(22-9-6-5-7-10-22)28(35)31-25-18-20(2)17-21(3)19-25/h5-7,9-14,17-19,26H,4,8,15-16H2,1-3H3,(H,31,35)/t26-/m0/s1. The van der Waals surface area contributed by atoms with Gasteiger partial charge in [-0.2, -0.15) is 0 Å². The molecule has 37 heavy (non-hydrogen) atoms. The summed E-state index contributed by atoms with van der Waals surface area (Å²) >= 11 is 7.51. The Morgan fingerprint density at radius 3 is 2.41 bits per heavy atom. The van der Waals surface area contributed by atoms with Crippen molar-refractivity contribution in [2.45, 2.75) is 44.1 Å². The summed E-state index contributed by atoms with van der Waals surface area (Å²) in [6.07, 6.45) is 0.796. The normalized spacial score (nSPS) is 11.9. The molecule has 0 aliphatic rings. The fraction of sp³-hybridized carbons (Fsp3) is 0.276. The largest absolute Gasteiger partial charge is 0.382 e. The highest BCUT2D eigenvalue weighted by Crippen LogP contribution is 2.37. The maximum atomic E-state index is 13.6. The first-order chi connectivity index (χ1) is 17.9. The van der Waals surface area contributed by atoms with Gasteiger partial charge in [-0.1, -0.05) is 59.8 Å². The van der Waals surface area contributed by atoms with Gasteiger partial charge in [-0.05, 0) is 80.3 Å². The lowest BCUT2D eigenvalue weighted by Crippen LogP contribution is -2.20. The Hall–Kier alpha value is -3.13. The molecule has 1 aromatic heterocycles. The number of amides is 1. The number of benzene rings is 3. The van der Waals surface area contributed by atoms with Crippen LogP contribution in [0.15, 0.2) is 78.0 Å². The third-order valence-corrected chi connectivity index (χ3v) is 7.23. The number of aromatic nitrogens is 3. The van der Waals surface area contributed by atoms with Crippen molar-refractivity contribution in [2.75, 3.05) is 18.5 Å². The number of anilines is 1. The number of aryl methyl sites for hydroxylation is 2. The lowest BCUT2D eigenvalue weighted by Gasteiger charge is -2.18. The van der Waals surface area contributed by atoms with Crippen LogP contribution in [0.25, 0.3) is 11.4 Å². The molecule has 0 unspecified atom stereocenters. The summed E-state index contributed by atoms with van der Waals surface area (Å²) in [6.45, 7) is 7.99. The van der Waals surface area contributed by atoms with Crippen molar-refractivity contribution >= 4 is 35.0 Å². The van der Waals surface area contributed by atoms with Gasteiger partial charge in [0.05, 0.1) is 0 Å². The summed E-state index contributed by atoms with van der Waals surface area (Å²) in [7, 11) is 0. The maximum Gasteiger partial charge on any atom is 0.242 e. The molecule has 192 valence electrons. The van der Waals surface area contributed by atoms with E-state index in [0.29, 0.717) is 29.9 Å². The summed E-state index contributed by atoms with van der Waals surface area (Å²) in [6, 6.07) is 23.4. The van der Waals surface area contributed by atoms with E-state index in [-0.39, 0.29) is 5.91 Å². The highest BCUT2D eigenvalue weighted by Gasteiger charge is 2.26.